The predicted molar refractivity (Wildman–Crippen MR) is 93.7 cm³/mol. The quantitative estimate of drug-likeness (QED) is 0.588. The monoisotopic (exact) mass is 307 g/mol. The Balaban J connectivity index is 1.57. The lowest BCUT2D eigenvalue weighted by atomic mass is 10.1. The molecule has 0 saturated carbocycles. The molecule has 2 N–H and O–H groups in total. The molecule has 3 heteroatoms. The minimum absolute atomic E-state index is 0.313. The zero-order valence-corrected chi connectivity index (χ0v) is 13.1. The number of carboxylic acid groups (broad SMARTS) is 1. The highest BCUT2D eigenvalue weighted by molar-refractivity contribution is 5.87. The average Bonchev–Trinajstić information content (AvgIpc) is 2.58. The van der Waals surface area contributed by atoms with Crippen LogP contribution < -0.4 is 5.32 Å². The Kier molecular flexibility index (Phi) is 6.74. The first-order chi connectivity index (χ1) is 11.3. The van der Waals surface area contributed by atoms with Crippen LogP contribution in [0.1, 0.15) is 41.6 Å². The minimum Gasteiger partial charge on any atom is -0.478 e. The molecule has 3 nitrogen and oxygen atoms in total. The summed E-state index contributed by atoms with van der Waals surface area (Å²) >= 11 is 0. The summed E-state index contributed by atoms with van der Waals surface area (Å²) in [5.41, 5.74) is 2.34. The summed E-state index contributed by atoms with van der Waals surface area (Å²) in [4.78, 5) is 10.8. The molecule has 118 valence electrons. The third-order valence-corrected chi connectivity index (χ3v) is 3.45. The van der Waals surface area contributed by atoms with Gasteiger partial charge in [0.15, 0.2) is 0 Å². The number of hydrogen-bond donors (Lipinski definition) is 2. The van der Waals surface area contributed by atoms with Crippen LogP contribution in [0.25, 0.3) is 0 Å². The highest BCUT2D eigenvalue weighted by Gasteiger charge is 2.00. The van der Waals surface area contributed by atoms with Crippen LogP contribution in [-0.2, 0) is 0 Å². The van der Waals surface area contributed by atoms with Gasteiger partial charge in [0.05, 0.1) is 5.56 Å². The molecule has 23 heavy (non-hydrogen) atoms. The van der Waals surface area contributed by atoms with Gasteiger partial charge in [0.2, 0.25) is 0 Å². The fraction of sp³-hybridized carbons (Fsp3) is 0.250. The lowest BCUT2D eigenvalue weighted by Gasteiger charge is -2.06. The molecule has 0 aliphatic rings. The minimum atomic E-state index is -0.895. The summed E-state index contributed by atoms with van der Waals surface area (Å²) in [6.45, 7) is 0.887. The molecule has 0 spiro atoms. The Hall–Kier alpha value is -2.73. The maximum Gasteiger partial charge on any atom is 0.335 e. The highest BCUT2D eigenvalue weighted by atomic mass is 16.4. The summed E-state index contributed by atoms with van der Waals surface area (Å²) in [6.07, 6.45) is 4.22. The molecule has 0 aliphatic heterocycles. The van der Waals surface area contributed by atoms with Crippen molar-refractivity contribution in [1.29, 1.82) is 0 Å². The van der Waals surface area contributed by atoms with Crippen molar-refractivity contribution in [3.05, 3.63) is 65.7 Å². The van der Waals surface area contributed by atoms with E-state index < -0.39 is 5.97 Å². The first-order valence-corrected chi connectivity index (χ1v) is 7.87. The summed E-state index contributed by atoms with van der Waals surface area (Å²) in [5.74, 6) is 5.47. The van der Waals surface area contributed by atoms with E-state index in [4.69, 9.17) is 5.11 Å². The van der Waals surface area contributed by atoms with Gasteiger partial charge in [-0.2, -0.15) is 0 Å². The molecule has 0 unspecified atom stereocenters. The van der Waals surface area contributed by atoms with E-state index in [0.717, 1.165) is 43.5 Å². The SMILES string of the molecule is O=C(O)c1ccc(NCCCCCC#Cc2ccccc2)cc1. The van der Waals surface area contributed by atoms with Crippen LogP contribution in [0, 0.1) is 11.8 Å². The van der Waals surface area contributed by atoms with Crippen molar-refractivity contribution >= 4 is 11.7 Å². The second kappa shape index (κ2) is 9.32. The standard InChI is InChI=1S/C20H21NO2/c22-20(23)18-12-14-19(15-13-18)21-16-8-3-1-2-5-9-17-10-6-4-7-11-17/h4,6-7,10-15,21H,1-3,8,16H2,(H,22,23). The Morgan fingerprint density at radius 1 is 0.957 bits per heavy atom. The first-order valence-electron chi connectivity index (χ1n) is 7.87. The molecule has 0 radical (unpaired) electrons. The van der Waals surface area contributed by atoms with Crippen LogP contribution in [0.4, 0.5) is 5.69 Å². The van der Waals surface area contributed by atoms with E-state index in [2.05, 4.69) is 17.2 Å². The predicted octanol–water partition coefficient (Wildman–Crippen LogP) is 4.41. The van der Waals surface area contributed by atoms with Crippen molar-refractivity contribution in [1.82, 2.24) is 0 Å². The fourth-order valence-corrected chi connectivity index (χ4v) is 2.16. The van der Waals surface area contributed by atoms with Gasteiger partial charge >= 0.3 is 5.97 Å². The number of carboxylic acids is 1. The van der Waals surface area contributed by atoms with Crippen molar-refractivity contribution in [3.63, 3.8) is 0 Å². The van der Waals surface area contributed by atoms with Crippen LogP contribution in [0.5, 0.6) is 0 Å². The normalized spacial score (nSPS) is 9.74. The molecule has 2 aromatic carbocycles. The zero-order chi connectivity index (χ0) is 16.3. The zero-order valence-electron chi connectivity index (χ0n) is 13.1. The van der Waals surface area contributed by atoms with Crippen LogP contribution in [0.15, 0.2) is 54.6 Å². The molecule has 0 amide bonds. The number of nitrogens with one attached hydrogen (secondary N) is 1. The van der Waals surface area contributed by atoms with Crippen molar-refractivity contribution < 1.29 is 9.90 Å². The Morgan fingerprint density at radius 3 is 2.39 bits per heavy atom. The Labute approximate surface area is 137 Å². The first kappa shape index (κ1) is 16.6. The van der Waals surface area contributed by atoms with Crippen LogP contribution in [0.3, 0.4) is 0 Å². The van der Waals surface area contributed by atoms with Crippen LogP contribution in [0.2, 0.25) is 0 Å². The van der Waals surface area contributed by atoms with Gasteiger partial charge in [-0.25, -0.2) is 4.79 Å². The lowest BCUT2D eigenvalue weighted by molar-refractivity contribution is 0.0697. The number of aromatic carboxylic acids is 1. The number of carbonyl (C=O) groups is 1. The van der Waals surface area contributed by atoms with E-state index in [0.29, 0.717) is 5.56 Å². The third kappa shape index (κ3) is 6.27. The number of rotatable bonds is 7. The second-order valence-electron chi connectivity index (χ2n) is 5.29. The molecular weight excluding hydrogens is 286 g/mol. The number of hydrogen-bond acceptors (Lipinski definition) is 2. The second-order valence-corrected chi connectivity index (χ2v) is 5.29. The van der Waals surface area contributed by atoms with E-state index >= 15 is 0 Å². The largest absolute Gasteiger partial charge is 0.478 e. The molecule has 0 saturated heterocycles. The maximum absolute atomic E-state index is 10.8. The van der Waals surface area contributed by atoms with E-state index in [9.17, 15) is 4.79 Å². The van der Waals surface area contributed by atoms with Crippen LogP contribution in [-0.4, -0.2) is 17.6 Å². The van der Waals surface area contributed by atoms with E-state index in [1.54, 1.807) is 24.3 Å². The Bertz CT molecular complexity index is 666. The molecule has 2 rings (SSSR count). The van der Waals surface area contributed by atoms with Gasteiger partial charge in [0, 0.05) is 24.2 Å². The topological polar surface area (TPSA) is 49.3 Å². The molecule has 0 heterocycles. The molecule has 0 bridgehead atoms. The number of unbranched alkanes of at least 4 members (excludes halogenated alkanes) is 3. The highest BCUT2D eigenvalue weighted by Crippen LogP contribution is 2.10. The van der Waals surface area contributed by atoms with Crippen LogP contribution >= 0.6 is 0 Å². The summed E-state index contributed by atoms with van der Waals surface area (Å²) in [5, 5.41) is 12.1. The van der Waals surface area contributed by atoms with Gasteiger partial charge in [-0.1, -0.05) is 36.5 Å². The Morgan fingerprint density at radius 2 is 1.70 bits per heavy atom. The van der Waals surface area contributed by atoms with Crippen molar-refractivity contribution in [2.75, 3.05) is 11.9 Å². The number of anilines is 1. The van der Waals surface area contributed by atoms with Gasteiger partial charge in [-0.3, -0.25) is 0 Å². The number of benzene rings is 2. The van der Waals surface area contributed by atoms with E-state index in [-0.39, 0.29) is 0 Å². The molecule has 2 aromatic rings. The van der Waals surface area contributed by atoms with E-state index in [1.807, 2.05) is 30.3 Å². The van der Waals surface area contributed by atoms with Gasteiger partial charge in [0.25, 0.3) is 0 Å². The summed E-state index contributed by atoms with van der Waals surface area (Å²) < 4.78 is 0. The van der Waals surface area contributed by atoms with Crippen molar-refractivity contribution in [2.45, 2.75) is 25.7 Å². The van der Waals surface area contributed by atoms with Gasteiger partial charge in [0.1, 0.15) is 0 Å². The van der Waals surface area contributed by atoms with Crippen molar-refractivity contribution in [3.8, 4) is 11.8 Å². The molecule has 0 fully saturated rings. The average molecular weight is 307 g/mol. The van der Waals surface area contributed by atoms with Crippen molar-refractivity contribution in [2.24, 2.45) is 0 Å². The lowest BCUT2D eigenvalue weighted by Crippen LogP contribution is -2.02. The third-order valence-electron chi connectivity index (χ3n) is 3.45. The smallest absolute Gasteiger partial charge is 0.335 e. The van der Waals surface area contributed by atoms with Gasteiger partial charge in [-0.05, 0) is 49.2 Å². The molecule has 0 atom stereocenters. The molecule has 0 aliphatic carbocycles. The van der Waals surface area contributed by atoms with Gasteiger partial charge < -0.3 is 10.4 Å². The molecular formula is C20H21NO2. The molecule has 0 aromatic heterocycles. The van der Waals surface area contributed by atoms with E-state index in [1.165, 1.54) is 0 Å². The van der Waals surface area contributed by atoms with Gasteiger partial charge in [-0.15, -0.1) is 0 Å². The summed E-state index contributed by atoms with van der Waals surface area (Å²) in [6, 6.07) is 16.9. The fourth-order valence-electron chi connectivity index (χ4n) is 2.16. The maximum atomic E-state index is 10.8. The summed E-state index contributed by atoms with van der Waals surface area (Å²) in [7, 11) is 0.